The zero-order valence-electron chi connectivity index (χ0n) is 11.3. The molecule has 0 bridgehead atoms. The molecule has 0 heterocycles. The lowest BCUT2D eigenvalue weighted by Crippen LogP contribution is -2.09. The quantitative estimate of drug-likeness (QED) is 0.485. The second-order valence-electron chi connectivity index (χ2n) is 4.12. The first-order valence-electron chi connectivity index (χ1n) is 5.85. The van der Waals surface area contributed by atoms with Gasteiger partial charge in [0.25, 0.3) is 0 Å². The van der Waals surface area contributed by atoms with Gasteiger partial charge in [0.1, 0.15) is 4.90 Å². The maximum atomic E-state index is 11.9. The van der Waals surface area contributed by atoms with Crippen molar-refractivity contribution in [3.05, 3.63) is 28.3 Å². The van der Waals surface area contributed by atoms with Crippen LogP contribution in [0.5, 0.6) is 0 Å². The largest absolute Gasteiger partial charge is 0.354 e. The molecule has 114 valence electrons. The average Bonchev–Trinajstić information content (AvgIpc) is 2.35. The van der Waals surface area contributed by atoms with Crippen molar-refractivity contribution in [1.29, 1.82) is 0 Å². The van der Waals surface area contributed by atoms with Gasteiger partial charge in [-0.15, -0.1) is 4.67 Å². The van der Waals surface area contributed by atoms with Crippen LogP contribution in [0.25, 0.3) is 0 Å². The molecule has 0 radical (unpaired) electrons. The standard InChI is InChI=1S/C11H16ClO6PS/c1-4-8-6-7-10(11(12)9(8)5-2)20(15,16)18-17-19(3,13)14/h6-7H,4-5H2,1-3H3,(H,13,14). The summed E-state index contributed by atoms with van der Waals surface area (Å²) in [5.41, 5.74) is 1.63. The Hall–Kier alpha value is -0.430. The molecule has 0 saturated heterocycles. The van der Waals surface area contributed by atoms with Crippen LogP contribution in [0, 0.1) is 0 Å². The van der Waals surface area contributed by atoms with Gasteiger partial charge >= 0.3 is 17.7 Å². The fourth-order valence-corrected chi connectivity index (χ4v) is 3.70. The van der Waals surface area contributed by atoms with Gasteiger partial charge in [0, 0.05) is 6.66 Å². The SMILES string of the molecule is CCc1ccc(S(=O)(=O)OOP(C)(=O)O)c(Cl)c1CC. The number of rotatable bonds is 6. The van der Waals surface area contributed by atoms with Gasteiger partial charge in [-0.2, -0.15) is 8.42 Å². The van der Waals surface area contributed by atoms with E-state index in [0.717, 1.165) is 12.2 Å². The molecule has 0 saturated carbocycles. The zero-order valence-corrected chi connectivity index (χ0v) is 13.8. The predicted molar refractivity (Wildman–Crippen MR) is 75.3 cm³/mol. The van der Waals surface area contributed by atoms with Crippen LogP contribution in [0.15, 0.2) is 17.0 Å². The van der Waals surface area contributed by atoms with E-state index in [0.29, 0.717) is 18.4 Å². The van der Waals surface area contributed by atoms with Crippen LogP contribution in [0.2, 0.25) is 5.02 Å². The average molecular weight is 343 g/mol. The first kappa shape index (κ1) is 17.6. The van der Waals surface area contributed by atoms with Crippen molar-refractivity contribution >= 4 is 29.3 Å². The lowest BCUT2D eigenvalue weighted by molar-refractivity contribution is -0.100. The van der Waals surface area contributed by atoms with Gasteiger partial charge in [0.2, 0.25) is 0 Å². The third kappa shape index (κ3) is 4.28. The molecule has 0 spiro atoms. The summed E-state index contributed by atoms with van der Waals surface area (Å²) < 4.78 is 42.8. The molecule has 1 atom stereocenters. The van der Waals surface area contributed by atoms with E-state index < -0.39 is 17.7 Å². The van der Waals surface area contributed by atoms with Gasteiger partial charge in [-0.05, 0) is 30.0 Å². The van der Waals surface area contributed by atoms with Crippen molar-refractivity contribution in [3.8, 4) is 0 Å². The first-order valence-corrected chi connectivity index (χ1v) is 9.67. The molecule has 0 aromatic heterocycles. The van der Waals surface area contributed by atoms with Gasteiger partial charge in [-0.1, -0.05) is 35.8 Å². The van der Waals surface area contributed by atoms with Crippen LogP contribution in [-0.2, 0) is 36.5 Å². The summed E-state index contributed by atoms with van der Waals surface area (Å²) in [6.07, 6.45) is 1.26. The normalized spacial score (nSPS) is 15.1. The summed E-state index contributed by atoms with van der Waals surface area (Å²) in [5.74, 6) is 0. The molecule has 20 heavy (non-hydrogen) atoms. The molecular weight excluding hydrogens is 327 g/mol. The summed E-state index contributed by atoms with van der Waals surface area (Å²) in [6, 6.07) is 2.92. The number of halogens is 1. The summed E-state index contributed by atoms with van der Waals surface area (Å²) in [7, 11) is -8.44. The van der Waals surface area contributed by atoms with E-state index >= 15 is 0 Å². The maximum Gasteiger partial charge on any atom is 0.354 e. The topological polar surface area (TPSA) is 89.9 Å². The summed E-state index contributed by atoms with van der Waals surface area (Å²) in [5, 5.41) is 0.0410. The highest BCUT2D eigenvalue weighted by Gasteiger charge is 2.26. The Morgan fingerprint density at radius 3 is 2.35 bits per heavy atom. The minimum absolute atomic E-state index is 0.0410. The maximum absolute atomic E-state index is 11.9. The van der Waals surface area contributed by atoms with Crippen molar-refractivity contribution in [2.75, 3.05) is 6.66 Å². The van der Waals surface area contributed by atoms with Crippen molar-refractivity contribution in [2.45, 2.75) is 31.6 Å². The van der Waals surface area contributed by atoms with Gasteiger partial charge in [-0.3, -0.25) is 4.57 Å². The molecule has 0 fully saturated rings. The minimum atomic E-state index is -4.37. The highest BCUT2D eigenvalue weighted by Crippen LogP contribution is 2.39. The van der Waals surface area contributed by atoms with Crippen LogP contribution in [0.1, 0.15) is 25.0 Å². The number of hydrogen-bond donors (Lipinski definition) is 1. The Balaban J connectivity index is 3.23. The number of benzene rings is 1. The highest BCUT2D eigenvalue weighted by molar-refractivity contribution is 7.87. The highest BCUT2D eigenvalue weighted by atomic mass is 35.5. The molecule has 9 heteroatoms. The number of aryl methyl sites for hydroxylation is 1. The Morgan fingerprint density at radius 1 is 1.30 bits per heavy atom. The molecule has 1 aromatic rings. The molecule has 1 aromatic carbocycles. The van der Waals surface area contributed by atoms with Crippen LogP contribution in [0.3, 0.4) is 0 Å². The van der Waals surface area contributed by atoms with E-state index in [4.69, 9.17) is 16.5 Å². The predicted octanol–water partition coefficient (Wildman–Crippen LogP) is 2.92. The van der Waals surface area contributed by atoms with E-state index in [1.54, 1.807) is 6.07 Å². The van der Waals surface area contributed by atoms with Crippen LogP contribution in [-0.4, -0.2) is 20.0 Å². The van der Waals surface area contributed by atoms with Gasteiger partial charge in [0.15, 0.2) is 0 Å². The lowest BCUT2D eigenvalue weighted by Gasteiger charge is -2.13. The van der Waals surface area contributed by atoms with E-state index in [1.165, 1.54) is 6.07 Å². The third-order valence-corrected chi connectivity index (χ3v) is 4.69. The molecule has 6 nitrogen and oxygen atoms in total. The van der Waals surface area contributed by atoms with Gasteiger partial charge in [-0.25, -0.2) is 0 Å². The summed E-state index contributed by atoms with van der Waals surface area (Å²) in [6.45, 7) is 4.58. The zero-order chi connectivity index (χ0) is 15.6. The van der Waals surface area contributed by atoms with E-state index in [1.807, 2.05) is 13.8 Å². The fourth-order valence-electron chi connectivity index (χ4n) is 1.68. The van der Waals surface area contributed by atoms with Gasteiger partial charge in [0.05, 0.1) is 5.02 Å². The fraction of sp³-hybridized carbons (Fsp3) is 0.455. The first-order chi connectivity index (χ1) is 9.12. The van der Waals surface area contributed by atoms with Crippen LogP contribution < -0.4 is 0 Å². The molecule has 0 aliphatic carbocycles. The molecule has 0 aliphatic heterocycles. The van der Waals surface area contributed by atoms with Crippen molar-refractivity contribution in [3.63, 3.8) is 0 Å². The molecule has 1 unspecified atom stereocenters. The van der Waals surface area contributed by atoms with E-state index in [9.17, 15) is 13.0 Å². The molecule has 0 amide bonds. The molecular formula is C11H16ClO6PS. The Labute approximate surface area is 123 Å². The lowest BCUT2D eigenvalue weighted by atomic mass is 10.0. The van der Waals surface area contributed by atoms with Crippen molar-refractivity contribution in [1.82, 2.24) is 0 Å². The van der Waals surface area contributed by atoms with Crippen molar-refractivity contribution in [2.24, 2.45) is 0 Å². The van der Waals surface area contributed by atoms with E-state index in [2.05, 4.69) is 9.01 Å². The Bertz CT molecular complexity index is 637. The van der Waals surface area contributed by atoms with E-state index in [-0.39, 0.29) is 9.92 Å². The monoisotopic (exact) mass is 342 g/mol. The van der Waals surface area contributed by atoms with Crippen molar-refractivity contribution < 1.29 is 26.9 Å². The number of hydrogen-bond acceptors (Lipinski definition) is 5. The Kier molecular flexibility index (Phi) is 5.78. The third-order valence-electron chi connectivity index (χ3n) is 2.57. The second-order valence-corrected chi connectivity index (χ2v) is 7.74. The second kappa shape index (κ2) is 6.56. The summed E-state index contributed by atoms with van der Waals surface area (Å²) >= 11 is 6.08. The van der Waals surface area contributed by atoms with Gasteiger partial charge < -0.3 is 4.89 Å². The van der Waals surface area contributed by atoms with Crippen LogP contribution in [0.4, 0.5) is 0 Å². The smallest absolute Gasteiger partial charge is 0.323 e. The molecule has 1 rings (SSSR count). The molecule has 0 aliphatic rings. The minimum Gasteiger partial charge on any atom is -0.323 e. The Morgan fingerprint density at radius 2 is 1.90 bits per heavy atom. The summed E-state index contributed by atoms with van der Waals surface area (Å²) in [4.78, 5) is 8.60. The van der Waals surface area contributed by atoms with Crippen LogP contribution >= 0.6 is 19.2 Å². The molecule has 1 N–H and O–H groups in total.